The minimum Gasteiger partial charge on any atom is -0.452 e. The smallest absolute Gasteiger partial charge is 0.338 e. The Morgan fingerprint density at radius 2 is 1.91 bits per heavy atom. The molecule has 1 aromatic carbocycles. The molecule has 1 heterocycles. The summed E-state index contributed by atoms with van der Waals surface area (Å²) < 4.78 is 33.4. The molecule has 1 saturated heterocycles. The van der Waals surface area contributed by atoms with E-state index in [1.54, 1.807) is 4.31 Å². The van der Waals surface area contributed by atoms with E-state index in [0.717, 1.165) is 19.3 Å². The highest BCUT2D eigenvalue weighted by atomic mass is 32.2. The highest BCUT2D eigenvalue weighted by molar-refractivity contribution is 7.89. The standard InChI is InChI=1S/C23H33N3O6S/c1-5-9-24-21(29)25-19(27)13-32-20(28)16-7-6-8-18(10-16)33(30,31)26-15-23(4)12-17(26)11-22(2,3)14-23/h6-8,10,17H,5,9,11-15H2,1-4H3,(H2,24,25,27,29). The third-order valence-electron chi connectivity index (χ3n) is 6.17. The Morgan fingerprint density at radius 3 is 2.61 bits per heavy atom. The van der Waals surface area contributed by atoms with Crippen LogP contribution < -0.4 is 10.6 Å². The second-order valence-electron chi connectivity index (χ2n) is 10.2. The number of amides is 3. The Morgan fingerprint density at radius 1 is 1.18 bits per heavy atom. The van der Waals surface area contributed by atoms with Crippen molar-refractivity contribution in [2.75, 3.05) is 19.7 Å². The second kappa shape index (κ2) is 9.42. The van der Waals surface area contributed by atoms with Crippen molar-refractivity contribution in [3.05, 3.63) is 29.8 Å². The summed E-state index contributed by atoms with van der Waals surface area (Å²) in [6.45, 7) is 8.57. The Bertz CT molecular complexity index is 1040. The molecule has 3 amide bonds. The van der Waals surface area contributed by atoms with Crippen molar-refractivity contribution >= 4 is 27.9 Å². The van der Waals surface area contributed by atoms with Crippen LogP contribution in [0.1, 0.15) is 63.7 Å². The summed E-state index contributed by atoms with van der Waals surface area (Å²) in [6.07, 6.45) is 3.31. The van der Waals surface area contributed by atoms with Crippen molar-refractivity contribution in [2.24, 2.45) is 10.8 Å². The van der Waals surface area contributed by atoms with Crippen molar-refractivity contribution in [3.8, 4) is 0 Å². The summed E-state index contributed by atoms with van der Waals surface area (Å²) >= 11 is 0. The van der Waals surface area contributed by atoms with E-state index in [1.807, 2.05) is 6.92 Å². The molecule has 2 N–H and O–H groups in total. The summed E-state index contributed by atoms with van der Waals surface area (Å²) in [5.41, 5.74) is 0.0297. The second-order valence-corrected chi connectivity index (χ2v) is 12.1. The van der Waals surface area contributed by atoms with Gasteiger partial charge in [0, 0.05) is 19.1 Å². The van der Waals surface area contributed by atoms with Gasteiger partial charge in [-0.05, 0) is 54.7 Å². The van der Waals surface area contributed by atoms with Gasteiger partial charge < -0.3 is 10.1 Å². The molecular weight excluding hydrogens is 446 g/mol. The number of ether oxygens (including phenoxy) is 1. The van der Waals surface area contributed by atoms with Crippen LogP contribution >= 0.6 is 0 Å². The van der Waals surface area contributed by atoms with Crippen LogP contribution in [0.4, 0.5) is 4.79 Å². The largest absolute Gasteiger partial charge is 0.452 e. The highest BCUT2D eigenvalue weighted by Crippen LogP contribution is 2.53. The van der Waals surface area contributed by atoms with Gasteiger partial charge in [-0.15, -0.1) is 0 Å². The number of rotatable bonds is 7. The molecule has 1 aliphatic carbocycles. The third-order valence-corrected chi connectivity index (χ3v) is 8.06. The van der Waals surface area contributed by atoms with Crippen LogP contribution in [0, 0.1) is 10.8 Å². The average Bonchev–Trinajstić information content (AvgIpc) is 2.99. The van der Waals surface area contributed by atoms with Gasteiger partial charge in [0.15, 0.2) is 6.61 Å². The topological polar surface area (TPSA) is 122 Å². The number of benzene rings is 1. The average molecular weight is 480 g/mol. The molecule has 9 nitrogen and oxygen atoms in total. The molecular formula is C23H33N3O6S. The monoisotopic (exact) mass is 479 g/mol. The maximum atomic E-state index is 13.4. The molecule has 2 aliphatic rings. The first-order valence-corrected chi connectivity index (χ1v) is 12.7. The van der Waals surface area contributed by atoms with Crippen molar-refractivity contribution in [2.45, 2.75) is 64.3 Å². The molecule has 1 aliphatic heterocycles. The fraction of sp³-hybridized carbons (Fsp3) is 0.609. The SMILES string of the molecule is CCCNC(=O)NC(=O)COC(=O)c1cccc(S(=O)(=O)N2CC3(C)CC2CC(C)(C)C3)c1. The summed E-state index contributed by atoms with van der Waals surface area (Å²) in [4.78, 5) is 35.7. The first-order valence-electron chi connectivity index (χ1n) is 11.2. The Hall–Kier alpha value is -2.46. The van der Waals surface area contributed by atoms with E-state index >= 15 is 0 Å². The van der Waals surface area contributed by atoms with Gasteiger partial charge in [0.2, 0.25) is 10.0 Å². The van der Waals surface area contributed by atoms with E-state index in [2.05, 4.69) is 31.4 Å². The minimum absolute atomic E-state index is 0.0213. The number of carbonyl (C=O) groups is 3. The zero-order valence-corrected chi connectivity index (χ0v) is 20.5. The molecule has 1 aromatic rings. The molecule has 1 saturated carbocycles. The lowest BCUT2D eigenvalue weighted by Crippen LogP contribution is -2.41. The number of fused-ring (bicyclic) bond motifs is 2. The first-order chi connectivity index (χ1) is 15.3. The lowest BCUT2D eigenvalue weighted by molar-refractivity contribution is -0.123. The Kier molecular flexibility index (Phi) is 7.18. The van der Waals surface area contributed by atoms with Crippen LogP contribution in [-0.2, 0) is 19.6 Å². The van der Waals surface area contributed by atoms with Gasteiger partial charge in [0.1, 0.15) is 0 Å². The quantitative estimate of drug-likeness (QED) is 0.580. The molecule has 3 rings (SSSR count). The predicted molar refractivity (Wildman–Crippen MR) is 122 cm³/mol. The van der Waals surface area contributed by atoms with Gasteiger partial charge in [-0.2, -0.15) is 4.31 Å². The van der Waals surface area contributed by atoms with E-state index in [9.17, 15) is 22.8 Å². The molecule has 10 heteroatoms. The predicted octanol–water partition coefficient (Wildman–Crippen LogP) is 2.67. The van der Waals surface area contributed by atoms with Gasteiger partial charge >= 0.3 is 12.0 Å². The van der Waals surface area contributed by atoms with E-state index in [4.69, 9.17) is 4.74 Å². The fourth-order valence-electron chi connectivity index (χ4n) is 5.27. The number of imide groups is 1. The highest BCUT2D eigenvalue weighted by Gasteiger charge is 2.53. The van der Waals surface area contributed by atoms with Crippen molar-refractivity contribution < 1.29 is 27.5 Å². The van der Waals surface area contributed by atoms with Crippen molar-refractivity contribution in [1.82, 2.24) is 14.9 Å². The van der Waals surface area contributed by atoms with E-state index in [-0.39, 0.29) is 27.3 Å². The van der Waals surface area contributed by atoms with Crippen LogP contribution in [0.25, 0.3) is 0 Å². The summed E-state index contributed by atoms with van der Waals surface area (Å²) in [7, 11) is -3.80. The number of nitrogens with one attached hydrogen (secondary N) is 2. The normalized spacial score (nSPS) is 24.2. The summed E-state index contributed by atoms with van der Waals surface area (Å²) in [5.74, 6) is -1.62. The number of hydrogen-bond acceptors (Lipinski definition) is 6. The third kappa shape index (κ3) is 5.92. The molecule has 0 radical (unpaired) electrons. The van der Waals surface area contributed by atoms with Crippen LogP contribution in [0.3, 0.4) is 0 Å². The Labute approximate surface area is 195 Å². The Balaban J connectivity index is 1.67. The zero-order valence-electron chi connectivity index (χ0n) is 19.6. The fourth-order valence-corrected chi connectivity index (χ4v) is 7.09. The number of carbonyl (C=O) groups excluding carboxylic acids is 3. The van der Waals surface area contributed by atoms with Gasteiger partial charge in [-0.25, -0.2) is 18.0 Å². The lowest BCUT2D eigenvalue weighted by atomic mass is 9.65. The lowest BCUT2D eigenvalue weighted by Gasteiger charge is -2.39. The number of esters is 1. The van der Waals surface area contributed by atoms with E-state index < -0.39 is 34.5 Å². The summed E-state index contributed by atoms with van der Waals surface area (Å²) in [6, 6.07) is 4.92. The van der Waals surface area contributed by atoms with Crippen LogP contribution in [0.15, 0.2) is 29.2 Å². The zero-order chi connectivity index (χ0) is 24.4. The van der Waals surface area contributed by atoms with Crippen molar-refractivity contribution in [3.63, 3.8) is 0 Å². The molecule has 2 bridgehead atoms. The van der Waals surface area contributed by atoms with Crippen LogP contribution in [0.2, 0.25) is 0 Å². The first kappa shape index (κ1) is 25.2. The van der Waals surface area contributed by atoms with E-state index in [0.29, 0.717) is 19.5 Å². The maximum absolute atomic E-state index is 13.4. The number of nitrogens with zero attached hydrogens (tertiary/aromatic N) is 1. The minimum atomic E-state index is -3.80. The molecule has 2 atom stereocenters. The molecule has 33 heavy (non-hydrogen) atoms. The number of hydrogen-bond donors (Lipinski definition) is 2. The number of urea groups is 1. The van der Waals surface area contributed by atoms with Crippen molar-refractivity contribution in [1.29, 1.82) is 0 Å². The molecule has 2 unspecified atom stereocenters. The summed E-state index contributed by atoms with van der Waals surface area (Å²) in [5, 5.41) is 4.53. The van der Waals surface area contributed by atoms with Gasteiger partial charge in [-0.1, -0.05) is 33.8 Å². The number of sulfonamides is 1. The molecule has 0 aromatic heterocycles. The maximum Gasteiger partial charge on any atom is 0.338 e. The van der Waals surface area contributed by atoms with Gasteiger partial charge in [-0.3, -0.25) is 10.1 Å². The van der Waals surface area contributed by atoms with E-state index in [1.165, 1.54) is 24.3 Å². The van der Waals surface area contributed by atoms with Gasteiger partial charge in [0.05, 0.1) is 10.5 Å². The molecule has 0 spiro atoms. The molecule has 2 fully saturated rings. The molecule has 182 valence electrons. The van der Waals surface area contributed by atoms with Crippen LogP contribution in [-0.4, -0.2) is 56.4 Å². The van der Waals surface area contributed by atoms with Crippen LogP contribution in [0.5, 0.6) is 0 Å². The van der Waals surface area contributed by atoms with Gasteiger partial charge in [0.25, 0.3) is 5.91 Å².